The lowest BCUT2D eigenvalue weighted by Crippen LogP contribution is -2.22. The van der Waals surface area contributed by atoms with Crippen LogP contribution in [0.25, 0.3) is 22.6 Å². The third-order valence-electron chi connectivity index (χ3n) is 5.90. The van der Waals surface area contributed by atoms with E-state index >= 15 is 0 Å². The zero-order chi connectivity index (χ0) is 20.4. The highest BCUT2D eigenvalue weighted by Gasteiger charge is 2.21. The van der Waals surface area contributed by atoms with Crippen molar-refractivity contribution in [2.75, 3.05) is 14.2 Å². The van der Waals surface area contributed by atoms with E-state index in [-0.39, 0.29) is 5.69 Å². The van der Waals surface area contributed by atoms with E-state index < -0.39 is 0 Å². The van der Waals surface area contributed by atoms with Crippen molar-refractivity contribution in [3.8, 4) is 22.8 Å². The maximum Gasteiger partial charge on any atom is 0.328 e. The van der Waals surface area contributed by atoms with Crippen molar-refractivity contribution in [3.05, 3.63) is 34.9 Å². The molecule has 1 aromatic carbocycles. The van der Waals surface area contributed by atoms with Gasteiger partial charge in [0.05, 0.1) is 26.1 Å². The molecule has 1 aliphatic carbocycles. The van der Waals surface area contributed by atoms with Gasteiger partial charge in [0.2, 0.25) is 0 Å². The Bertz CT molecular complexity index is 1060. The van der Waals surface area contributed by atoms with Crippen LogP contribution in [-0.2, 0) is 6.54 Å². The Balaban J connectivity index is 1.70. The maximum absolute atomic E-state index is 12.6. The summed E-state index contributed by atoms with van der Waals surface area (Å²) in [5, 5.41) is 0. The van der Waals surface area contributed by atoms with Crippen LogP contribution in [0.2, 0.25) is 0 Å². The van der Waals surface area contributed by atoms with Crippen molar-refractivity contribution in [1.82, 2.24) is 19.5 Å². The average molecular weight is 396 g/mol. The molecule has 0 spiro atoms. The van der Waals surface area contributed by atoms with Crippen LogP contribution in [0.5, 0.6) is 11.5 Å². The number of aromatic nitrogens is 4. The molecule has 0 aliphatic heterocycles. The van der Waals surface area contributed by atoms with Gasteiger partial charge < -0.3 is 9.47 Å². The molecule has 1 aliphatic rings. The van der Waals surface area contributed by atoms with Crippen molar-refractivity contribution in [2.45, 2.75) is 45.6 Å². The van der Waals surface area contributed by atoms with Crippen LogP contribution in [0.4, 0.5) is 0 Å². The normalized spacial score (nSPS) is 19.8. The predicted octanol–water partition coefficient (Wildman–Crippen LogP) is 4.02. The first-order valence-electron chi connectivity index (χ1n) is 10.3. The number of hydrogen-bond acceptors (Lipinski definition) is 5. The highest BCUT2D eigenvalue weighted by molar-refractivity contribution is 5.72. The number of fused-ring (bicyclic) bond motifs is 1. The summed E-state index contributed by atoms with van der Waals surface area (Å²) >= 11 is 0. The number of hydrogen-bond donors (Lipinski definition) is 1. The van der Waals surface area contributed by atoms with E-state index in [1.54, 1.807) is 25.0 Å². The van der Waals surface area contributed by atoms with E-state index in [1.807, 2.05) is 18.2 Å². The molecule has 0 radical (unpaired) electrons. The SMILES string of the molecule is COc1ccc(-c2cnc3[nH]c(=O)n(CC4CCCCC(C)C4)c3n2)cc1OC. The largest absolute Gasteiger partial charge is 0.493 e. The Morgan fingerprint density at radius 2 is 1.97 bits per heavy atom. The predicted molar refractivity (Wildman–Crippen MR) is 112 cm³/mol. The monoisotopic (exact) mass is 396 g/mol. The van der Waals surface area contributed by atoms with Gasteiger partial charge >= 0.3 is 5.69 Å². The summed E-state index contributed by atoms with van der Waals surface area (Å²) in [7, 11) is 3.21. The molecule has 4 rings (SSSR count). The van der Waals surface area contributed by atoms with Crippen LogP contribution in [0.3, 0.4) is 0 Å². The lowest BCUT2D eigenvalue weighted by atomic mass is 9.94. The summed E-state index contributed by atoms with van der Waals surface area (Å²) in [6.07, 6.45) is 7.78. The number of imidazole rings is 1. The van der Waals surface area contributed by atoms with Gasteiger partial charge in [0, 0.05) is 12.1 Å². The average Bonchev–Trinajstić information content (AvgIpc) is 2.89. The smallest absolute Gasteiger partial charge is 0.328 e. The molecule has 154 valence electrons. The number of aromatic amines is 1. The molecular weight excluding hydrogens is 368 g/mol. The minimum Gasteiger partial charge on any atom is -0.493 e. The van der Waals surface area contributed by atoms with Crippen molar-refractivity contribution < 1.29 is 9.47 Å². The molecule has 3 aromatic rings. The molecule has 0 bridgehead atoms. The van der Waals surface area contributed by atoms with Crippen molar-refractivity contribution >= 4 is 11.3 Å². The quantitative estimate of drug-likeness (QED) is 0.659. The lowest BCUT2D eigenvalue weighted by Gasteiger charge is -2.17. The number of H-pyrrole nitrogens is 1. The third kappa shape index (κ3) is 3.99. The minimum absolute atomic E-state index is 0.138. The van der Waals surface area contributed by atoms with Gasteiger partial charge in [-0.05, 0) is 42.9 Å². The summed E-state index contributed by atoms with van der Waals surface area (Å²) in [5.41, 5.74) is 2.56. The van der Waals surface area contributed by atoms with Gasteiger partial charge in [-0.25, -0.2) is 14.8 Å². The summed E-state index contributed by atoms with van der Waals surface area (Å²) in [4.78, 5) is 24.7. The van der Waals surface area contributed by atoms with Gasteiger partial charge in [0.15, 0.2) is 22.8 Å². The van der Waals surface area contributed by atoms with Crippen LogP contribution in [0.1, 0.15) is 39.0 Å². The molecule has 1 saturated carbocycles. The second-order valence-electron chi connectivity index (χ2n) is 8.03. The zero-order valence-electron chi connectivity index (χ0n) is 17.3. The van der Waals surface area contributed by atoms with Crippen LogP contribution < -0.4 is 15.2 Å². The molecule has 0 saturated heterocycles. The standard InChI is InChI=1S/C22H28N4O3/c1-14-6-4-5-7-15(10-14)13-26-21-20(25-22(26)27)23-12-17(24-21)16-8-9-18(28-2)19(11-16)29-3/h8-9,11-12,14-15H,4-7,10,13H2,1-3H3,(H,23,25,27). The molecule has 2 heterocycles. The highest BCUT2D eigenvalue weighted by Crippen LogP contribution is 2.32. The van der Waals surface area contributed by atoms with Crippen LogP contribution in [0.15, 0.2) is 29.2 Å². The van der Waals surface area contributed by atoms with Crippen molar-refractivity contribution in [3.63, 3.8) is 0 Å². The first-order chi connectivity index (χ1) is 14.1. The van der Waals surface area contributed by atoms with Crippen molar-refractivity contribution in [1.29, 1.82) is 0 Å². The number of methoxy groups -OCH3 is 2. The fourth-order valence-electron chi connectivity index (χ4n) is 4.38. The van der Waals surface area contributed by atoms with Gasteiger partial charge in [0.1, 0.15) is 0 Å². The third-order valence-corrected chi connectivity index (χ3v) is 5.90. The van der Waals surface area contributed by atoms with Gasteiger partial charge in [-0.1, -0.05) is 26.2 Å². The number of nitrogens with zero attached hydrogens (tertiary/aromatic N) is 3. The molecule has 2 atom stereocenters. The highest BCUT2D eigenvalue weighted by atomic mass is 16.5. The molecule has 2 aromatic heterocycles. The summed E-state index contributed by atoms with van der Waals surface area (Å²) < 4.78 is 12.5. The molecule has 7 nitrogen and oxygen atoms in total. The second kappa shape index (κ2) is 8.27. The van der Waals surface area contributed by atoms with Crippen LogP contribution in [0, 0.1) is 11.8 Å². The van der Waals surface area contributed by atoms with E-state index in [4.69, 9.17) is 14.5 Å². The summed E-state index contributed by atoms with van der Waals surface area (Å²) in [6.45, 7) is 3.00. The molecule has 7 heteroatoms. The Kier molecular flexibility index (Phi) is 5.56. The number of rotatable bonds is 5. The lowest BCUT2D eigenvalue weighted by molar-refractivity contribution is 0.351. The minimum atomic E-state index is -0.138. The number of benzene rings is 1. The van der Waals surface area contributed by atoms with E-state index in [1.165, 1.54) is 19.3 Å². The maximum atomic E-state index is 12.6. The van der Waals surface area contributed by atoms with E-state index in [0.717, 1.165) is 18.4 Å². The molecule has 1 N–H and O–H groups in total. The first-order valence-corrected chi connectivity index (χ1v) is 10.3. The topological polar surface area (TPSA) is 82.0 Å². The Hall–Kier alpha value is -2.83. The van der Waals surface area contributed by atoms with E-state index in [0.29, 0.717) is 46.9 Å². The summed E-state index contributed by atoms with van der Waals surface area (Å²) in [6, 6.07) is 5.63. The summed E-state index contributed by atoms with van der Waals surface area (Å²) in [5.74, 6) is 2.49. The zero-order valence-corrected chi connectivity index (χ0v) is 17.3. The van der Waals surface area contributed by atoms with E-state index in [2.05, 4.69) is 16.9 Å². The van der Waals surface area contributed by atoms with Crippen LogP contribution in [-0.4, -0.2) is 33.7 Å². The van der Waals surface area contributed by atoms with E-state index in [9.17, 15) is 4.79 Å². The number of ether oxygens (including phenoxy) is 2. The Morgan fingerprint density at radius 3 is 2.76 bits per heavy atom. The molecule has 29 heavy (non-hydrogen) atoms. The molecule has 0 amide bonds. The second-order valence-corrected chi connectivity index (χ2v) is 8.03. The van der Waals surface area contributed by atoms with Crippen LogP contribution >= 0.6 is 0 Å². The number of nitrogens with one attached hydrogen (secondary N) is 1. The molecule has 1 fully saturated rings. The van der Waals surface area contributed by atoms with Gasteiger partial charge in [-0.15, -0.1) is 0 Å². The Morgan fingerprint density at radius 1 is 1.17 bits per heavy atom. The van der Waals surface area contributed by atoms with Gasteiger partial charge in [-0.2, -0.15) is 0 Å². The fraction of sp³-hybridized carbons (Fsp3) is 0.500. The van der Waals surface area contributed by atoms with Crippen molar-refractivity contribution in [2.24, 2.45) is 11.8 Å². The van der Waals surface area contributed by atoms with Gasteiger partial charge in [-0.3, -0.25) is 9.55 Å². The van der Waals surface area contributed by atoms with Gasteiger partial charge in [0.25, 0.3) is 0 Å². The Labute approximate surface area is 170 Å². The first kappa shape index (κ1) is 19.5. The molecule has 2 unspecified atom stereocenters. The fourth-order valence-corrected chi connectivity index (χ4v) is 4.38. The molecular formula is C22H28N4O3.